The van der Waals surface area contributed by atoms with Gasteiger partial charge in [0, 0.05) is 19.8 Å². The number of nitrogen functional groups attached to an aromatic ring is 1. The van der Waals surface area contributed by atoms with Gasteiger partial charge < -0.3 is 5.73 Å². The van der Waals surface area contributed by atoms with E-state index in [1.807, 2.05) is 0 Å². The quantitative estimate of drug-likeness (QED) is 0.892. The molecule has 1 aliphatic heterocycles. The van der Waals surface area contributed by atoms with E-state index in [9.17, 15) is 12.8 Å². The maximum Gasteiger partial charge on any atom is 0.269 e. The topological polar surface area (TPSA) is 81.2 Å². The number of hydrogen-bond acceptors (Lipinski definition) is 4. The summed E-state index contributed by atoms with van der Waals surface area (Å²) < 4.78 is 41.1. The summed E-state index contributed by atoms with van der Waals surface area (Å²) in [6, 6.07) is 4.16. The molecule has 20 heavy (non-hydrogen) atoms. The zero-order valence-corrected chi connectivity index (χ0v) is 11.6. The average molecular weight is 296 g/mol. The van der Waals surface area contributed by atoms with Gasteiger partial charge in [0.15, 0.2) is 5.82 Å². The molecule has 0 aliphatic carbocycles. The van der Waals surface area contributed by atoms with Gasteiger partial charge in [-0.1, -0.05) is 6.07 Å². The molecule has 2 aromatic rings. The van der Waals surface area contributed by atoms with Crippen molar-refractivity contribution in [3.05, 3.63) is 35.8 Å². The Labute approximate surface area is 115 Å². The van der Waals surface area contributed by atoms with Gasteiger partial charge in [0.1, 0.15) is 10.7 Å². The van der Waals surface area contributed by atoms with E-state index in [1.165, 1.54) is 27.3 Å². The first kappa shape index (κ1) is 12.9. The SMILES string of the molecule is Cn1cc(S(=O)(=O)N2CCc3ccc(F)cc32)c(N)n1. The average Bonchev–Trinajstić information content (AvgIpc) is 2.92. The van der Waals surface area contributed by atoms with E-state index in [4.69, 9.17) is 5.73 Å². The molecular formula is C12H13FN4O2S. The third-order valence-corrected chi connectivity index (χ3v) is 5.12. The molecule has 0 spiro atoms. The standard InChI is InChI=1S/C12H13FN4O2S/c1-16-7-11(12(14)15-16)20(18,19)17-5-4-8-2-3-9(13)6-10(8)17/h2-3,6-7H,4-5H2,1H3,(H2,14,15). The van der Waals surface area contributed by atoms with Crippen LogP contribution >= 0.6 is 0 Å². The first-order valence-electron chi connectivity index (χ1n) is 6.00. The fourth-order valence-electron chi connectivity index (χ4n) is 2.37. The molecule has 0 bridgehead atoms. The summed E-state index contributed by atoms with van der Waals surface area (Å²) in [6.45, 7) is 0.273. The van der Waals surface area contributed by atoms with Crippen LogP contribution in [-0.4, -0.2) is 24.7 Å². The molecule has 8 heteroatoms. The summed E-state index contributed by atoms with van der Waals surface area (Å²) in [6.07, 6.45) is 1.90. The van der Waals surface area contributed by atoms with Crippen LogP contribution < -0.4 is 10.0 Å². The number of sulfonamides is 1. The lowest BCUT2D eigenvalue weighted by Crippen LogP contribution is -2.29. The van der Waals surface area contributed by atoms with Gasteiger partial charge in [-0.2, -0.15) is 5.10 Å². The van der Waals surface area contributed by atoms with Crippen molar-refractivity contribution in [3.8, 4) is 0 Å². The third-order valence-electron chi connectivity index (χ3n) is 3.29. The van der Waals surface area contributed by atoms with Gasteiger partial charge >= 0.3 is 0 Å². The highest BCUT2D eigenvalue weighted by Crippen LogP contribution is 2.34. The summed E-state index contributed by atoms with van der Waals surface area (Å²) in [4.78, 5) is -0.0582. The van der Waals surface area contributed by atoms with Gasteiger partial charge in [0.05, 0.1) is 5.69 Å². The minimum absolute atomic E-state index is 0.0580. The van der Waals surface area contributed by atoms with Gasteiger partial charge in [0.25, 0.3) is 10.0 Å². The second kappa shape index (κ2) is 4.20. The number of aromatic nitrogens is 2. The molecule has 0 atom stereocenters. The molecule has 0 radical (unpaired) electrons. The number of halogens is 1. The van der Waals surface area contributed by atoms with E-state index in [-0.39, 0.29) is 17.3 Å². The molecule has 106 valence electrons. The molecule has 0 amide bonds. The zero-order chi connectivity index (χ0) is 14.5. The van der Waals surface area contributed by atoms with Crippen molar-refractivity contribution in [2.45, 2.75) is 11.3 Å². The summed E-state index contributed by atoms with van der Waals surface area (Å²) >= 11 is 0. The number of anilines is 2. The second-order valence-electron chi connectivity index (χ2n) is 4.65. The van der Waals surface area contributed by atoms with Gasteiger partial charge in [-0.3, -0.25) is 8.99 Å². The van der Waals surface area contributed by atoms with Gasteiger partial charge in [-0.25, -0.2) is 12.8 Å². The first-order chi connectivity index (χ1) is 9.39. The minimum atomic E-state index is -3.82. The Balaban J connectivity index is 2.11. The van der Waals surface area contributed by atoms with Crippen molar-refractivity contribution < 1.29 is 12.8 Å². The van der Waals surface area contributed by atoms with E-state index >= 15 is 0 Å². The van der Waals surface area contributed by atoms with E-state index in [2.05, 4.69) is 5.10 Å². The summed E-state index contributed by atoms with van der Waals surface area (Å²) in [7, 11) is -2.23. The number of nitrogens with zero attached hydrogens (tertiary/aromatic N) is 3. The Hall–Kier alpha value is -2.09. The lowest BCUT2D eigenvalue weighted by molar-refractivity contribution is 0.592. The number of aryl methyl sites for hydroxylation is 1. The fraction of sp³-hybridized carbons (Fsp3) is 0.250. The largest absolute Gasteiger partial charge is 0.381 e. The number of fused-ring (bicyclic) bond motifs is 1. The Morgan fingerprint density at radius 2 is 2.15 bits per heavy atom. The van der Waals surface area contributed by atoms with E-state index in [1.54, 1.807) is 13.1 Å². The highest BCUT2D eigenvalue weighted by Gasteiger charge is 2.33. The molecule has 2 N–H and O–H groups in total. The Kier molecular flexibility index (Phi) is 2.72. The van der Waals surface area contributed by atoms with Crippen LogP contribution in [0.3, 0.4) is 0 Å². The van der Waals surface area contributed by atoms with Crippen molar-refractivity contribution in [1.29, 1.82) is 0 Å². The highest BCUT2D eigenvalue weighted by molar-refractivity contribution is 7.93. The van der Waals surface area contributed by atoms with E-state index in [0.29, 0.717) is 12.1 Å². The summed E-state index contributed by atoms with van der Waals surface area (Å²) in [5, 5.41) is 3.84. The maximum absolute atomic E-state index is 13.3. The van der Waals surface area contributed by atoms with Crippen molar-refractivity contribution in [2.75, 3.05) is 16.6 Å². The normalized spacial score (nSPS) is 14.6. The van der Waals surface area contributed by atoms with Crippen molar-refractivity contribution in [1.82, 2.24) is 9.78 Å². The zero-order valence-electron chi connectivity index (χ0n) is 10.7. The van der Waals surface area contributed by atoms with Crippen LogP contribution in [-0.2, 0) is 23.5 Å². The smallest absolute Gasteiger partial charge is 0.269 e. The van der Waals surface area contributed by atoms with Gasteiger partial charge in [-0.05, 0) is 24.1 Å². The molecule has 1 aromatic carbocycles. The lowest BCUT2D eigenvalue weighted by atomic mass is 10.2. The molecule has 0 saturated heterocycles. The lowest BCUT2D eigenvalue weighted by Gasteiger charge is -2.18. The van der Waals surface area contributed by atoms with Gasteiger partial charge in [-0.15, -0.1) is 0 Å². The molecule has 2 heterocycles. The molecule has 1 aromatic heterocycles. The number of hydrogen-bond donors (Lipinski definition) is 1. The van der Waals surface area contributed by atoms with Crippen molar-refractivity contribution in [2.24, 2.45) is 7.05 Å². The van der Waals surface area contributed by atoms with Crippen LogP contribution in [0.15, 0.2) is 29.3 Å². The molecule has 0 saturated carbocycles. The van der Waals surface area contributed by atoms with Crippen LogP contribution in [0.1, 0.15) is 5.56 Å². The highest BCUT2D eigenvalue weighted by atomic mass is 32.2. The predicted molar refractivity (Wildman–Crippen MR) is 72.3 cm³/mol. The molecule has 0 fully saturated rings. The van der Waals surface area contributed by atoms with Crippen LogP contribution in [0.2, 0.25) is 0 Å². The molecule has 0 unspecified atom stereocenters. The van der Waals surface area contributed by atoms with Crippen molar-refractivity contribution >= 4 is 21.5 Å². The Morgan fingerprint density at radius 1 is 1.40 bits per heavy atom. The van der Waals surface area contributed by atoms with Crippen LogP contribution in [0, 0.1) is 5.82 Å². The summed E-state index contributed by atoms with van der Waals surface area (Å²) in [5.41, 5.74) is 6.81. The third kappa shape index (κ3) is 1.83. The second-order valence-corrected chi connectivity index (χ2v) is 6.48. The number of benzene rings is 1. The van der Waals surface area contributed by atoms with Gasteiger partial charge in [0.2, 0.25) is 0 Å². The Morgan fingerprint density at radius 3 is 2.80 bits per heavy atom. The van der Waals surface area contributed by atoms with Crippen molar-refractivity contribution in [3.63, 3.8) is 0 Å². The van der Waals surface area contributed by atoms with Crippen LogP contribution in [0.5, 0.6) is 0 Å². The summed E-state index contributed by atoms with van der Waals surface area (Å²) in [5.74, 6) is -0.526. The fourth-order valence-corrected chi connectivity index (χ4v) is 3.96. The first-order valence-corrected chi connectivity index (χ1v) is 7.44. The number of rotatable bonds is 2. The Bertz CT molecular complexity index is 785. The molecular weight excluding hydrogens is 283 g/mol. The predicted octanol–water partition coefficient (Wildman–Crippen LogP) is 0.893. The molecule has 6 nitrogen and oxygen atoms in total. The molecule has 1 aliphatic rings. The maximum atomic E-state index is 13.3. The minimum Gasteiger partial charge on any atom is -0.381 e. The van der Waals surface area contributed by atoms with Crippen LogP contribution in [0.25, 0.3) is 0 Å². The van der Waals surface area contributed by atoms with E-state index < -0.39 is 15.8 Å². The van der Waals surface area contributed by atoms with E-state index in [0.717, 1.165) is 5.56 Å². The monoisotopic (exact) mass is 296 g/mol. The van der Waals surface area contributed by atoms with Crippen LogP contribution in [0.4, 0.5) is 15.9 Å². The number of nitrogens with two attached hydrogens (primary N) is 1. The molecule has 3 rings (SSSR count).